The molecule has 2 nitrogen and oxygen atoms in total. The van der Waals surface area contributed by atoms with E-state index in [4.69, 9.17) is 9.84 Å². The van der Waals surface area contributed by atoms with Gasteiger partial charge in [0.25, 0.3) is 0 Å². The molecule has 12 heavy (non-hydrogen) atoms. The maximum absolute atomic E-state index is 8.81. The van der Waals surface area contributed by atoms with Crippen LogP contribution in [0.1, 0.15) is 26.7 Å². The molecule has 0 aromatic heterocycles. The van der Waals surface area contributed by atoms with Gasteiger partial charge in [0.05, 0.1) is 12.7 Å². The summed E-state index contributed by atoms with van der Waals surface area (Å²) in [4.78, 5) is 0. The van der Waals surface area contributed by atoms with Crippen LogP contribution in [0.3, 0.4) is 0 Å². The predicted octanol–water partition coefficient (Wildman–Crippen LogP) is 1.74. The summed E-state index contributed by atoms with van der Waals surface area (Å²) in [6, 6.07) is 0. The molecule has 1 aliphatic heterocycles. The molecule has 1 N–H and O–H groups in total. The Morgan fingerprint density at radius 2 is 2.42 bits per heavy atom. The number of aliphatic hydroxyl groups excluding tert-OH is 1. The van der Waals surface area contributed by atoms with Gasteiger partial charge in [0.2, 0.25) is 0 Å². The smallest absolute Gasteiger partial charge is 0.0761 e. The number of hydrogen-bond donors (Lipinski definition) is 1. The second-order valence-electron chi connectivity index (χ2n) is 3.71. The first-order valence-electron chi connectivity index (χ1n) is 4.62. The lowest BCUT2D eigenvalue weighted by molar-refractivity contribution is 0.0232. The highest BCUT2D eigenvalue weighted by Crippen LogP contribution is 2.20. The van der Waals surface area contributed by atoms with E-state index < -0.39 is 0 Å². The molecule has 1 saturated heterocycles. The zero-order valence-corrected chi connectivity index (χ0v) is 7.92. The van der Waals surface area contributed by atoms with Crippen molar-refractivity contribution >= 4 is 0 Å². The summed E-state index contributed by atoms with van der Waals surface area (Å²) < 4.78 is 5.53. The van der Waals surface area contributed by atoms with Gasteiger partial charge >= 0.3 is 0 Å². The van der Waals surface area contributed by atoms with Gasteiger partial charge in [0.15, 0.2) is 0 Å². The summed E-state index contributed by atoms with van der Waals surface area (Å²) in [5.41, 5.74) is 1.01. The van der Waals surface area contributed by atoms with Gasteiger partial charge in [0, 0.05) is 6.61 Å². The van der Waals surface area contributed by atoms with Crippen LogP contribution >= 0.6 is 0 Å². The molecule has 2 atom stereocenters. The lowest BCUT2D eigenvalue weighted by Gasteiger charge is -2.25. The Labute approximate surface area is 74.2 Å². The molecule has 1 rings (SSSR count). The number of hydrogen-bond acceptors (Lipinski definition) is 2. The maximum Gasteiger partial charge on any atom is 0.0761 e. The van der Waals surface area contributed by atoms with Crippen LogP contribution in [0.25, 0.3) is 0 Å². The highest BCUT2D eigenvalue weighted by molar-refractivity contribution is 5.02. The van der Waals surface area contributed by atoms with E-state index >= 15 is 0 Å². The normalized spacial score (nSPS) is 32.1. The van der Waals surface area contributed by atoms with Gasteiger partial charge in [-0.15, -0.1) is 0 Å². The molecule has 0 amide bonds. The fourth-order valence-electron chi connectivity index (χ4n) is 1.49. The zero-order valence-electron chi connectivity index (χ0n) is 7.92. The molecule has 0 radical (unpaired) electrons. The summed E-state index contributed by atoms with van der Waals surface area (Å²) in [6.45, 7) is 5.19. The Balaban J connectivity index is 2.41. The third-order valence-corrected chi connectivity index (χ3v) is 2.30. The van der Waals surface area contributed by atoms with E-state index in [1.165, 1.54) is 6.42 Å². The Bertz CT molecular complexity index is 163. The number of aliphatic hydroxyl groups is 1. The zero-order chi connectivity index (χ0) is 8.97. The van der Waals surface area contributed by atoms with Crippen molar-refractivity contribution in [3.05, 3.63) is 11.6 Å². The SMILES string of the molecule is CC(=CC1CC(C)CCO1)CO. The van der Waals surface area contributed by atoms with Crippen molar-refractivity contribution in [2.24, 2.45) is 5.92 Å². The minimum absolute atomic E-state index is 0.147. The standard InChI is InChI=1S/C10H18O2/c1-8-3-4-12-10(5-8)6-9(2)7-11/h6,8,10-11H,3-5,7H2,1-2H3. The quantitative estimate of drug-likeness (QED) is 0.640. The molecule has 0 saturated carbocycles. The van der Waals surface area contributed by atoms with E-state index in [2.05, 4.69) is 6.92 Å². The Morgan fingerprint density at radius 1 is 1.67 bits per heavy atom. The highest BCUT2D eigenvalue weighted by atomic mass is 16.5. The van der Waals surface area contributed by atoms with Crippen LogP contribution in [0.2, 0.25) is 0 Å². The van der Waals surface area contributed by atoms with Gasteiger partial charge in [-0.1, -0.05) is 13.0 Å². The molecule has 0 aromatic carbocycles. The third-order valence-electron chi connectivity index (χ3n) is 2.30. The molecular weight excluding hydrogens is 152 g/mol. The average Bonchev–Trinajstić information content (AvgIpc) is 2.04. The summed E-state index contributed by atoms with van der Waals surface area (Å²) in [5.74, 6) is 0.756. The van der Waals surface area contributed by atoms with Crippen LogP contribution in [0.15, 0.2) is 11.6 Å². The predicted molar refractivity (Wildman–Crippen MR) is 49.0 cm³/mol. The molecule has 1 fully saturated rings. The molecule has 0 aliphatic carbocycles. The highest BCUT2D eigenvalue weighted by Gasteiger charge is 2.17. The van der Waals surface area contributed by atoms with Crippen LogP contribution in [0.4, 0.5) is 0 Å². The molecule has 1 aliphatic rings. The van der Waals surface area contributed by atoms with Crippen LogP contribution in [0, 0.1) is 5.92 Å². The van der Waals surface area contributed by atoms with Gasteiger partial charge in [-0.3, -0.25) is 0 Å². The summed E-state index contributed by atoms with van der Waals surface area (Å²) >= 11 is 0. The first-order valence-corrected chi connectivity index (χ1v) is 4.62. The molecule has 2 unspecified atom stereocenters. The van der Waals surface area contributed by atoms with Crippen LogP contribution < -0.4 is 0 Å². The first-order chi connectivity index (χ1) is 5.72. The second-order valence-corrected chi connectivity index (χ2v) is 3.71. The molecule has 70 valence electrons. The van der Waals surface area contributed by atoms with E-state index in [1.54, 1.807) is 0 Å². The average molecular weight is 170 g/mol. The lowest BCUT2D eigenvalue weighted by Crippen LogP contribution is -2.22. The largest absolute Gasteiger partial charge is 0.392 e. The van der Waals surface area contributed by atoms with Gasteiger partial charge < -0.3 is 9.84 Å². The fraction of sp³-hybridized carbons (Fsp3) is 0.800. The second kappa shape index (κ2) is 4.63. The summed E-state index contributed by atoms with van der Waals surface area (Å²) in [6.07, 6.45) is 4.54. The number of ether oxygens (including phenoxy) is 1. The Hall–Kier alpha value is -0.340. The van der Waals surface area contributed by atoms with Crippen molar-refractivity contribution in [3.8, 4) is 0 Å². The fourth-order valence-corrected chi connectivity index (χ4v) is 1.49. The van der Waals surface area contributed by atoms with Gasteiger partial charge in [0.1, 0.15) is 0 Å². The first kappa shape index (κ1) is 9.75. The van der Waals surface area contributed by atoms with Crippen molar-refractivity contribution < 1.29 is 9.84 Å². The molecule has 0 bridgehead atoms. The summed E-state index contributed by atoms with van der Waals surface area (Å²) in [7, 11) is 0. The van der Waals surface area contributed by atoms with Crippen molar-refractivity contribution in [1.29, 1.82) is 0 Å². The van der Waals surface area contributed by atoms with Gasteiger partial charge in [-0.2, -0.15) is 0 Å². The third kappa shape index (κ3) is 2.95. The van der Waals surface area contributed by atoms with Gasteiger partial charge in [-0.05, 0) is 31.3 Å². The molecule has 2 heteroatoms. The molecule has 0 aromatic rings. The minimum Gasteiger partial charge on any atom is -0.392 e. The molecule has 0 spiro atoms. The lowest BCUT2D eigenvalue weighted by atomic mass is 9.97. The Morgan fingerprint density at radius 3 is 3.00 bits per heavy atom. The maximum atomic E-state index is 8.81. The van der Waals surface area contributed by atoms with Crippen molar-refractivity contribution in [2.75, 3.05) is 13.2 Å². The van der Waals surface area contributed by atoms with E-state index in [0.29, 0.717) is 0 Å². The monoisotopic (exact) mass is 170 g/mol. The van der Waals surface area contributed by atoms with Gasteiger partial charge in [-0.25, -0.2) is 0 Å². The number of rotatable bonds is 2. The Kier molecular flexibility index (Phi) is 3.76. The van der Waals surface area contributed by atoms with E-state index in [0.717, 1.165) is 24.5 Å². The topological polar surface area (TPSA) is 29.5 Å². The van der Waals surface area contributed by atoms with Crippen molar-refractivity contribution in [2.45, 2.75) is 32.8 Å². The minimum atomic E-state index is 0.147. The van der Waals surface area contributed by atoms with E-state index in [-0.39, 0.29) is 12.7 Å². The summed E-state index contributed by atoms with van der Waals surface area (Å²) in [5, 5.41) is 8.81. The molecule has 1 heterocycles. The van der Waals surface area contributed by atoms with Crippen LogP contribution in [0.5, 0.6) is 0 Å². The van der Waals surface area contributed by atoms with E-state index in [9.17, 15) is 0 Å². The molecular formula is C10H18O2. The van der Waals surface area contributed by atoms with Crippen molar-refractivity contribution in [1.82, 2.24) is 0 Å². The van der Waals surface area contributed by atoms with Crippen LogP contribution in [-0.2, 0) is 4.74 Å². The van der Waals surface area contributed by atoms with Crippen molar-refractivity contribution in [3.63, 3.8) is 0 Å². The van der Waals surface area contributed by atoms with Crippen LogP contribution in [-0.4, -0.2) is 24.4 Å². The van der Waals surface area contributed by atoms with E-state index in [1.807, 2.05) is 13.0 Å².